The Morgan fingerprint density at radius 1 is 1.29 bits per heavy atom. The van der Waals surface area contributed by atoms with Crippen molar-refractivity contribution in [1.82, 2.24) is 10.3 Å². The first-order chi connectivity index (χ1) is 8.38. The third-order valence-corrected chi connectivity index (χ3v) is 3.93. The van der Waals surface area contributed by atoms with Gasteiger partial charge in [-0.15, -0.1) is 0 Å². The first kappa shape index (κ1) is 12.6. The van der Waals surface area contributed by atoms with Crippen LogP contribution in [0.25, 0.3) is 0 Å². The second-order valence-electron chi connectivity index (χ2n) is 5.25. The number of hydrogen-bond acceptors (Lipinski definition) is 2. The summed E-state index contributed by atoms with van der Waals surface area (Å²) in [5.41, 5.74) is 1.21. The van der Waals surface area contributed by atoms with Gasteiger partial charge in [0.2, 0.25) is 0 Å². The Morgan fingerprint density at radius 3 is 2.76 bits per heavy atom. The van der Waals surface area contributed by atoms with Gasteiger partial charge in [0, 0.05) is 24.4 Å². The highest BCUT2D eigenvalue weighted by atomic mass is 14.9. The quantitative estimate of drug-likeness (QED) is 0.843. The maximum absolute atomic E-state index is 4.42. The first-order valence-electron chi connectivity index (χ1n) is 6.95. The summed E-state index contributed by atoms with van der Waals surface area (Å²) in [4.78, 5) is 4.42. The molecule has 1 unspecified atom stereocenters. The highest BCUT2D eigenvalue weighted by Crippen LogP contribution is 2.27. The summed E-state index contributed by atoms with van der Waals surface area (Å²) in [6.07, 6.45) is 11.4. The largest absolute Gasteiger partial charge is 0.317 e. The van der Waals surface area contributed by atoms with Crippen LogP contribution in [0.15, 0.2) is 24.4 Å². The summed E-state index contributed by atoms with van der Waals surface area (Å²) in [5.74, 6) is 0.935. The molecule has 1 heterocycles. The van der Waals surface area contributed by atoms with Gasteiger partial charge in [-0.05, 0) is 31.5 Å². The predicted molar refractivity (Wildman–Crippen MR) is 72.0 cm³/mol. The molecule has 1 fully saturated rings. The van der Waals surface area contributed by atoms with Crippen molar-refractivity contribution in [2.45, 2.75) is 51.0 Å². The van der Waals surface area contributed by atoms with Gasteiger partial charge in [-0.3, -0.25) is 4.98 Å². The van der Waals surface area contributed by atoms with Gasteiger partial charge in [0.25, 0.3) is 0 Å². The third-order valence-electron chi connectivity index (χ3n) is 3.93. The lowest BCUT2D eigenvalue weighted by atomic mass is 9.84. The Kier molecular flexibility index (Phi) is 4.99. The maximum atomic E-state index is 4.42. The van der Waals surface area contributed by atoms with Crippen molar-refractivity contribution in [3.63, 3.8) is 0 Å². The summed E-state index contributed by atoms with van der Waals surface area (Å²) in [5, 5.41) is 3.46. The minimum atomic E-state index is 0.591. The number of nitrogens with one attached hydrogen (secondary N) is 1. The minimum absolute atomic E-state index is 0.591. The molecule has 17 heavy (non-hydrogen) atoms. The molecule has 0 aromatic carbocycles. The van der Waals surface area contributed by atoms with E-state index in [1.54, 1.807) is 0 Å². The van der Waals surface area contributed by atoms with E-state index in [9.17, 15) is 0 Å². The molecular formula is C15H24N2. The van der Waals surface area contributed by atoms with Crippen molar-refractivity contribution in [2.75, 3.05) is 7.05 Å². The normalized spacial score (nSPS) is 19.1. The number of aromatic nitrogens is 1. The molecule has 0 spiro atoms. The Labute approximate surface area is 105 Å². The van der Waals surface area contributed by atoms with E-state index >= 15 is 0 Å². The lowest BCUT2D eigenvalue weighted by Crippen LogP contribution is -2.31. The molecule has 0 saturated heterocycles. The minimum Gasteiger partial charge on any atom is -0.317 e. The van der Waals surface area contributed by atoms with E-state index in [2.05, 4.69) is 29.5 Å². The lowest BCUT2D eigenvalue weighted by molar-refractivity contribution is 0.302. The Hall–Kier alpha value is -0.890. The fourth-order valence-electron chi connectivity index (χ4n) is 2.90. The van der Waals surface area contributed by atoms with Gasteiger partial charge >= 0.3 is 0 Å². The van der Waals surface area contributed by atoms with Gasteiger partial charge in [-0.25, -0.2) is 0 Å². The molecule has 1 aromatic heterocycles. The Balaban J connectivity index is 1.83. The topological polar surface area (TPSA) is 24.9 Å². The van der Waals surface area contributed by atoms with Crippen LogP contribution in [0.4, 0.5) is 0 Å². The number of likely N-dealkylation sites (N-methyl/N-ethyl adjacent to an activating group) is 1. The molecule has 1 aliphatic rings. The third kappa shape index (κ3) is 4.12. The van der Waals surface area contributed by atoms with Crippen molar-refractivity contribution in [1.29, 1.82) is 0 Å². The standard InChI is InChI=1S/C15H24N2/c1-16-15(11-13-7-3-2-4-8-13)12-14-9-5-6-10-17-14/h5-6,9-10,13,15-16H,2-4,7-8,11-12H2,1H3. The smallest absolute Gasteiger partial charge is 0.0419 e. The molecule has 1 atom stereocenters. The van der Waals surface area contributed by atoms with Gasteiger partial charge in [0.1, 0.15) is 0 Å². The summed E-state index contributed by atoms with van der Waals surface area (Å²) in [6, 6.07) is 6.79. The molecule has 2 heteroatoms. The van der Waals surface area contributed by atoms with Gasteiger partial charge in [0.05, 0.1) is 0 Å². The molecule has 1 N–H and O–H groups in total. The van der Waals surface area contributed by atoms with E-state index in [1.807, 2.05) is 12.3 Å². The van der Waals surface area contributed by atoms with Crippen molar-refractivity contribution in [2.24, 2.45) is 5.92 Å². The summed E-state index contributed by atoms with van der Waals surface area (Å²) in [7, 11) is 2.08. The molecule has 1 aliphatic carbocycles. The van der Waals surface area contributed by atoms with Crippen LogP contribution in [0.2, 0.25) is 0 Å². The van der Waals surface area contributed by atoms with Gasteiger partial charge in [-0.2, -0.15) is 0 Å². The number of hydrogen-bond donors (Lipinski definition) is 1. The SMILES string of the molecule is CNC(Cc1ccccn1)CC1CCCCC1. The second kappa shape index (κ2) is 6.75. The number of nitrogens with zero attached hydrogens (tertiary/aromatic N) is 1. The van der Waals surface area contributed by atoms with Crippen LogP contribution in [-0.4, -0.2) is 18.1 Å². The first-order valence-corrected chi connectivity index (χ1v) is 6.95. The molecule has 0 amide bonds. The van der Waals surface area contributed by atoms with Gasteiger partial charge in [-0.1, -0.05) is 38.2 Å². The lowest BCUT2D eigenvalue weighted by Gasteiger charge is -2.26. The average Bonchev–Trinajstić information content (AvgIpc) is 2.40. The Morgan fingerprint density at radius 2 is 2.12 bits per heavy atom. The Bertz CT molecular complexity index is 304. The van der Waals surface area contributed by atoms with Crippen LogP contribution < -0.4 is 5.32 Å². The van der Waals surface area contributed by atoms with Gasteiger partial charge in [0.15, 0.2) is 0 Å². The van der Waals surface area contributed by atoms with E-state index in [4.69, 9.17) is 0 Å². The number of pyridine rings is 1. The fraction of sp³-hybridized carbons (Fsp3) is 0.667. The zero-order valence-electron chi connectivity index (χ0n) is 10.9. The molecular weight excluding hydrogens is 208 g/mol. The summed E-state index contributed by atoms with van der Waals surface area (Å²) in [6.45, 7) is 0. The molecule has 0 radical (unpaired) electrons. The monoisotopic (exact) mass is 232 g/mol. The molecule has 0 bridgehead atoms. The van der Waals surface area contributed by atoms with Crippen LogP contribution in [0, 0.1) is 5.92 Å². The number of rotatable bonds is 5. The van der Waals surface area contributed by atoms with Crippen LogP contribution in [0.5, 0.6) is 0 Å². The van der Waals surface area contributed by atoms with Crippen LogP contribution in [-0.2, 0) is 6.42 Å². The highest BCUT2D eigenvalue weighted by Gasteiger charge is 2.18. The van der Waals surface area contributed by atoms with Gasteiger partial charge < -0.3 is 5.32 Å². The van der Waals surface area contributed by atoms with Crippen LogP contribution >= 0.6 is 0 Å². The predicted octanol–water partition coefficient (Wildman–Crippen LogP) is 3.18. The van der Waals surface area contributed by atoms with Crippen molar-refractivity contribution >= 4 is 0 Å². The molecule has 1 saturated carbocycles. The van der Waals surface area contributed by atoms with Crippen LogP contribution in [0.3, 0.4) is 0 Å². The average molecular weight is 232 g/mol. The van der Waals surface area contributed by atoms with Crippen LogP contribution in [0.1, 0.15) is 44.2 Å². The van der Waals surface area contributed by atoms with E-state index in [1.165, 1.54) is 44.2 Å². The van der Waals surface area contributed by atoms with E-state index in [0.29, 0.717) is 6.04 Å². The fourth-order valence-corrected chi connectivity index (χ4v) is 2.90. The highest BCUT2D eigenvalue weighted by molar-refractivity contribution is 5.05. The molecule has 2 nitrogen and oxygen atoms in total. The second-order valence-corrected chi connectivity index (χ2v) is 5.25. The molecule has 2 rings (SSSR count). The van der Waals surface area contributed by atoms with Crippen molar-refractivity contribution in [3.05, 3.63) is 30.1 Å². The van der Waals surface area contributed by atoms with E-state index in [0.717, 1.165) is 12.3 Å². The molecule has 94 valence electrons. The molecule has 1 aromatic rings. The van der Waals surface area contributed by atoms with E-state index < -0.39 is 0 Å². The maximum Gasteiger partial charge on any atom is 0.0419 e. The zero-order valence-corrected chi connectivity index (χ0v) is 10.9. The van der Waals surface area contributed by atoms with Crippen molar-refractivity contribution in [3.8, 4) is 0 Å². The van der Waals surface area contributed by atoms with Crippen molar-refractivity contribution < 1.29 is 0 Å². The molecule has 0 aliphatic heterocycles. The zero-order chi connectivity index (χ0) is 11.9. The van der Waals surface area contributed by atoms with E-state index in [-0.39, 0.29) is 0 Å². The summed E-state index contributed by atoms with van der Waals surface area (Å²) < 4.78 is 0. The summed E-state index contributed by atoms with van der Waals surface area (Å²) >= 11 is 0.